The Morgan fingerprint density at radius 3 is 2.43 bits per heavy atom. The van der Waals surface area contributed by atoms with Crippen LogP contribution < -0.4 is 0 Å². The predicted octanol–water partition coefficient (Wildman–Crippen LogP) is 0.0859. The summed E-state index contributed by atoms with van der Waals surface area (Å²) in [5, 5.41) is 17.5. The fraction of sp³-hybridized carbons (Fsp3) is 0.750. The second-order valence-electron chi connectivity index (χ2n) is 3.32. The summed E-state index contributed by atoms with van der Waals surface area (Å²) in [6.45, 7) is 0.292. The molecule has 1 aliphatic heterocycles. The van der Waals surface area contributed by atoms with Crippen molar-refractivity contribution in [1.29, 1.82) is 0 Å². The van der Waals surface area contributed by atoms with E-state index in [1.54, 1.807) is 0 Å². The van der Waals surface area contributed by atoms with Gasteiger partial charge in [-0.05, 0) is 6.42 Å². The van der Waals surface area contributed by atoms with Crippen molar-refractivity contribution in [3.63, 3.8) is 0 Å². The molecular weight excluding hydrogens is 190 g/mol. The van der Waals surface area contributed by atoms with Crippen molar-refractivity contribution in [3.05, 3.63) is 0 Å². The largest absolute Gasteiger partial charge is 0.481 e. The Bertz CT molecular complexity index is 220. The van der Waals surface area contributed by atoms with E-state index >= 15 is 0 Å². The molecule has 0 aromatic rings. The van der Waals surface area contributed by atoms with Gasteiger partial charge in [0.1, 0.15) is 0 Å². The second-order valence-corrected chi connectivity index (χ2v) is 3.32. The highest BCUT2D eigenvalue weighted by molar-refractivity contribution is 5.72. The van der Waals surface area contributed by atoms with Crippen LogP contribution in [0.15, 0.2) is 0 Å². The molecule has 1 rings (SSSR count). The zero-order valence-corrected chi connectivity index (χ0v) is 7.84. The molecule has 6 heteroatoms. The maximum absolute atomic E-state index is 10.7. The average molecular weight is 203 g/mol. The summed E-state index contributed by atoms with van der Waals surface area (Å²) in [7, 11) is 1.45. The van der Waals surface area contributed by atoms with E-state index in [2.05, 4.69) is 0 Å². The summed E-state index contributed by atoms with van der Waals surface area (Å²) in [4.78, 5) is 22.5. The van der Waals surface area contributed by atoms with Crippen molar-refractivity contribution in [2.75, 3.05) is 20.2 Å². The minimum Gasteiger partial charge on any atom is -0.481 e. The zero-order valence-electron chi connectivity index (χ0n) is 7.84. The minimum atomic E-state index is -1.10. The SMILES string of the molecule is CO[C@@H]1C[C@H](C(=O)O)CN(C(=O)O)C1. The molecule has 1 fully saturated rings. The third-order valence-electron chi connectivity index (χ3n) is 2.37. The third kappa shape index (κ3) is 2.35. The molecule has 2 N–H and O–H groups in total. The van der Waals surface area contributed by atoms with Gasteiger partial charge in [0.05, 0.1) is 18.6 Å². The number of carboxylic acid groups (broad SMARTS) is 2. The number of methoxy groups -OCH3 is 1. The lowest BCUT2D eigenvalue weighted by molar-refractivity contribution is -0.145. The standard InChI is InChI=1S/C8H13NO5/c1-14-6-2-5(7(10)11)3-9(4-6)8(12)13/h5-6H,2-4H2,1H3,(H,10,11)(H,12,13)/t5-,6+/m0/s1. The highest BCUT2D eigenvalue weighted by atomic mass is 16.5. The molecule has 1 amide bonds. The quantitative estimate of drug-likeness (QED) is 0.664. The van der Waals surface area contributed by atoms with Gasteiger partial charge in [0.2, 0.25) is 0 Å². The highest BCUT2D eigenvalue weighted by Gasteiger charge is 2.33. The van der Waals surface area contributed by atoms with E-state index in [1.807, 2.05) is 0 Å². The van der Waals surface area contributed by atoms with Gasteiger partial charge in [-0.15, -0.1) is 0 Å². The van der Waals surface area contributed by atoms with E-state index in [4.69, 9.17) is 14.9 Å². The second kappa shape index (κ2) is 4.28. The van der Waals surface area contributed by atoms with Crippen LogP contribution in [0, 0.1) is 5.92 Å². The van der Waals surface area contributed by atoms with Gasteiger partial charge in [0.15, 0.2) is 0 Å². The number of hydrogen-bond donors (Lipinski definition) is 2. The van der Waals surface area contributed by atoms with E-state index < -0.39 is 18.0 Å². The lowest BCUT2D eigenvalue weighted by Gasteiger charge is -2.33. The van der Waals surface area contributed by atoms with Crippen molar-refractivity contribution >= 4 is 12.1 Å². The molecule has 0 aliphatic carbocycles. The van der Waals surface area contributed by atoms with Crippen LogP contribution in [0.3, 0.4) is 0 Å². The van der Waals surface area contributed by atoms with Gasteiger partial charge in [0.25, 0.3) is 0 Å². The van der Waals surface area contributed by atoms with Gasteiger partial charge >= 0.3 is 12.1 Å². The molecule has 0 radical (unpaired) electrons. The first-order valence-electron chi connectivity index (χ1n) is 4.28. The van der Waals surface area contributed by atoms with Gasteiger partial charge in [0, 0.05) is 13.7 Å². The van der Waals surface area contributed by atoms with Gasteiger partial charge in [-0.3, -0.25) is 4.79 Å². The number of ether oxygens (including phenoxy) is 1. The van der Waals surface area contributed by atoms with Crippen molar-refractivity contribution in [1.82, 2.24) is 4.90 Å². The van der Waals surface area contributed by atoms with Crippen LogP contribution in [0.25, 0.3) is 0 Å². The van der Waals surface area contributed by atoms with Crippen molar-refractivity contribution in [3.8, 4) is 0 Å². The van der Waals surface area contributed by atoms with Crippen LogP contribution in [0.4, 0.5) is 4.79 Å². The molecule has 0 saturated carbocycles. The zero-order chi connectivity index (χ0) is 10.7. The van der Waals surface area contributed by atoms with Crippen LogP contribution in [-0.2, 0) is 9.53 Å². The molecule has 0 spiro atoms. The Kier molecular flexibility index (Phi) is 3.29. The first-order chi connectivity index (χ1) is 6.54. The molecule has 1 aliphatic rings. The summed E-state index contributed by atoms with van der Waals surface area (Å²) in [6.07, 6.45) is -1.05. The normalized spacial score (nSPS) is 27.4. The number of rotatable bonds is 2. The Morgan fingerprint density at radius 1 is 1.36 bits per heavy atom. The van der Waals surface area contributed by atoms with E-state index in [9.17, 15) is 9.59 Å². The number of hydrogen-bond acceptors (Lipinski definition) is 3. The molecule has 14 heavy (non-hydrogen) atoms. The average Bonchev–Trinajstić information content (AvgIpc) is 2.16. The third-order valence-corrected chi connectivity index (χ3v) is 2.37. The lowest BCUT2D eigenvalue weighted by Crippen LogP contribution is -2.48. The molecule has 0 unspecified atom stereocenters. The first-order valence-corrected chi connectivity index (χ1v) is 4.28. The fourth-order valence-electron chi connectivity index (χ4n) is 1.56. The van der Waals surface area contributed by atoms with E-state index in [0.717, 1.165) is 4.90 Å². The molecule has 6 nitrogen and oxygen atoms in total. The molecule has 1 saturated heterocycles. The molecule has 0 aromatic heterocycles. The first kappa shape index (κ1) is 10.8. The number of amides is 1. The molecule has 2 atom stereocenters. The van der Waals surface area contributed by atoms with Gasteiger partial charge in [-0.25, -0.2) is 4.79 Å². The van der Waals surface area contributed by atoms with Crippen LogP contribution in [0.2, 0.25) is 0 Å². The molecular formula is C8H13NO5. The number of carboxylic acids is 1. The number of carbonyl (C=O) groups is 2. The summed E-state index contributed by atoms with van der Waals surface area (Å²) in [6, 6.07) is 0. The molecule has 0 bridgehead atoms. The lowest BCUT2D eigenvalue weighted by atomic mass is 9.96. The number of nitrogens with zero attached hydrogens (tertiary/aromatic N) is 1. The van der Waals surface area contributed by atoms with E-state index in [1.165, 1.54) is 7.11 Å². The molecule has 0 aromatic carbocycles. The van der Waals surface area contributed by atoms with Gasteiger partial charge in [-0.2, -0.15) is 0 Å². The number of piperidine rings is 1. The topological polar surface area (TPSA) is 87.1 Å². The highest BCUT2D eigenvalue weighted by Crippen LogP contribution is 2.19. The summed E-state index contributed by atoms with van der Waals surface area (Å²) in [5.41, 5.74) is 0. The van der Waals surface area contributed by atoms with Crippen LogP contribution >= 0.6 is 0 Å². The van der Waals surface area contributed by atoms with Crippen molar-refractivity contribution in [2.24, 2.45) is 5.92 Å². The van der Waals surface area contributed by atoms with Crippen LogP contribution in [-0.4, -0.2) is 53.5 Å². The van der Waals surface area contributed by atoms with Gasteiger partial charge in [-0.1, -0.05) is 0 Å². The number of aliphatic carboxylic acids is 1. The van der Waals surface area contributed by atoms with Crippen molar-refractivity contribution < 1.29 is 24.5 Å². The smallest absolute Gasteiger partial charge is 0.407 e. The van der Waals surface area contributed by atoms with E-state index in [-0.39, 0.29) is 19.2 Å². The predicted molar refractivity (Wildman–Crippen MR) is 46.1 cm³/mol. The molecule has 80 valence electrons. The summed E-state index contributed by atoms with van der Waals surface area (Å²) in [5.74, 6) is -1.64. The Morgan fingerprint density at radius 2 is 2.00 bits per heavy atom. The number of likely N-dealkylation sites (tertiary alicyclic amines) is 1. The Labute approximate surface area is 81.1 Å². The fourth-order valence-corrected chi connectivity index (χ4v) is 1.56. The molecule has 1 heterocycles. The minimum absolute atomic E-state index is 0.0462. The Balaban J connectivity index is 2.66. The maximum atomic E-state index is 10.7. The summed E-state index contributed by atoms with van der Waals surface area (Å²) >= 11 is 0. The summed E-state index contributed by atoms with van der Waals surface area (Å²) < 4.78 is 4.98. The van der Waals surface area contributed by atoms with E-state index in [0.29, 0.717) is 6.42 Å². The van der Waals surface area contributed by atoms with Crippen LogP contribution in [0.5, 0.6) is 0 Å². The van der Waals surface area contributed by atoms with Crippen LogP contribution in [0.1, 0.15) is 6.42 Å². The van der Waals surface area contributed by atoms with Crippen molar-refractivity contribution in [2.45, 2.75) is 12.5 Å². The Hall–Kier alpha value is -1.30. The van der Waals surface area contributed by atoms with Gasteiger partial charge < -0.3 is 19.8 Å². The maximum Gasteiger partial charge on any atom is 0.407 e. The monoisotopic (exact) mass is 203 g/mol.